The van der Waals surface area contributed by atoms with E-state index in [4.69, 9.17) is 9.47 Å². The zero-order valence-corrected chi connectivity index (χ0v) is 23.3. The minimum absolute atomic E-state index is 0.00741. The van der Waals surface area contributed by atoms with Crippen molar-refractivity contribution in [2.75, 3.05) is 13.7 Å². The molecule has 1 aliphatic rings. The molecule has 2 nitrogen and oxygen atoms in total. The zero-order valence-electron chi connectivity index (χ0n) is 21.3. The quantitative estimate of drug-likeness (QED) is 0.367. The van der Waals surface area contributed by atoms with E-state index < -0.39 is 16.9 Å². The average molecular weight is 464 g/mol. The van der Waals surface area contributed by atoms with E-state index in [9.17, 15) is 0 Å². The number of hydrogen-bond donors (Lipinski definition) is 0. The van der Waals surface area contributed by atoms with Crippen LogP contribution < -0.4 is 15.1 Å². The van der Waals surface area contributed by atoms with E-state index in [0.717, 1.165) is 11.5 Å². The fourth-order valence-electron chi connectivity index (χ4n) is 5.30. The summed E-state index contributed by atoms with van der Waals surface area (Å²) in [4.78, 5) is 0. The monoisotopic (exact) mass is 463 g/mol. The van der Waals surface area contributed by atoms with E-state index in [1.54, 1.807) is 0 Å². The highest BCUT2D eigenvalue weighted by molar-refractivity contribution is 6.92. The van der Waals surface area contributed by atoms with Crippen LogP contribution in [-0.2, 0) is 10.2 Å². The molecule has 32 heavy (non-hydrogen) atoms. The van der Waals surface area contributed by atoms with Crippen LogP contribution in [0.2, 0.25) is 26.2 Å². The molecule has 0 spiro atoms. The summed E-state index contributed by atoms with van der Waals surface area (Å²) in [6.07, 6.45) is 4.09. The van der Waals surface area contributed by atoms with Crippen LogP contribution >= 0.6 is 0 Å². The summed E-state index contributed by atoms with van der Waals surface area (Å²) >= 11 is 0. The van der Waals surface area contributed by atoms with Crippen molar-refractivity contribution in [1.29, 1.82) is 0 Å². The van der Waals surface area contributed by atoms with Crippen molar-refractivity contribution >= 4 is 33.3 Å². The summed E-state index contributed by atoms with van der Waals surface area (Å²) in [6.45, 7) is 23.4. The summed E-state index contributed by atoms with van der Waals surface area (Å²) in [5.74, 6) is 2.17. The fourth-order valence-corrected chi connectivity index (χ4v) is 10.8. The smallest absolute Gasteiger partial charge is 0.122 e. The molecular formula is C28H39O2Si2. The molecule has 0 fully saturated rings. The van der Waals surface area contributed by atoms with Crippen molar-refractivity contribution in [2.24, 2.45) is 0 Å². The molecule has 0 N–H and O–H groups in total. The Morgan fingerprint density at radius 2 is 1.81 bits per heavy atom. The molecule has 1 radical (unpaired) electrons. The molecule has 0 amide bonds. The van der Waals surface area contributed by atoms with Crippen LogP contribution in [0.3, 0.4) is 0 Å². The Kier molecular flexibility index (Phi) is 6.97. The second-order valence-electron chi connectivity index (χ2n) is 10.7. The van der Waals surface area contributed by atoms with Gasteiger partial charge < -0.3 is 9.47 Å². The SMILES string of the molecule is C=CCOc1c([Si](C)(C)C2C(OC)=Cc3ccccc32)cc(C)c([Si](C)C)c1C(C)(C)C. The Morgan fingerprint density at radius 1 is 1.16 bits per heavy atom. The van der Waals surface area contributed by atoms with Crippen LogP contribution in [0, 0.1) is 6.92 Å². The number of allylic oxidation sites excluding steroid dienone is 1. The lowest BCUT2D eigenvalue weighted by Crippen LogP contribution is -2.51. The van der Waals surface area contributed by atoms with Crippen LogP contribution in [0.5, 0.6) is 5.75 Å². The van der Waals surface area contributed by atoms with E-state index in [2.05, 4.69) is 96.9 Å². The Balaban J connectivity index is 2.34. The maximum atomic E-state index is 6.57. The van der Waals surface area contributed by atoms with Crippen LogP contribution in [-0.4, -0.2) is 30.6 Å². The molecule has 1 atom stereocenters. The molecule has 0 aromatic heterocycles. The normalized spacial score (nSPS) is 16.1. The molecule has 1 unspecified atom stereocenters. The molecule has 0 aliphatic heterocycles. The average Bonchev–Trinajstić information content (AvgIpc) is 3.10. The highest BCUT2D eigenvalue weighted by atomic mass is 28.3. The predicted octanol–water partition coefficient (Wildman–Crippen LogP) is 6.06. The second-order valence-corrected chi connectivity index (χ2v) is 17.8. The van der Waals surface area contributed by atoms with Crippen molar-refractivity contribution in [3.05, 3.63) is 71.0 Å². The van der Waals surface area contributed by atoms with Gasteiger partial charge in [-0.1, -0.05) is 101 Å². The lowest BCUT2D eigenvalue weighted by molar-refractivity contribution is 0.285. The predicted molar refractivity (Wildman–Crippen MR) is 144 cm³/mol. The first kappa shape index (κ1) is 24.6. The first-order valence-electron chi connectivity index (χ1n) is 11.5. The van der Waals surface area contributed by atoms with E-state index in [1.165, 1.54) is 32.6 Å². The summed E-state index contributed by atoms with van der Waals surface area (Å²) in [5, 5.41) is 2.91. The maximum absolute atomic E-state index is 6.57. The first-order chi connectivity index (χ1) is 14.9. The fraction of sp³-hybridized carbons (Fsp3) is 0.429. The molecule has 0 heterocycles. The van der Waals surface area contributed by atoms with Crippen LogP contribution in [0.1, 0.15) is 48.6 Å². The summed E-state index contributed by atoms with van der Waals surface area (Å²) in [7, 11) is -0.980. The molecular weight excluding hydrogens is 424 g/mol. The van der Waals surface area contributed by atoms with Gasteiger partial charge in [0.2, 0.25) is 0 Å². The zero-order chi connectivity index (χ0) is 23.8. The Bertz CT molecular complexity index is 1040. The third kappa shape index (κ3) is 4.27. The van der Waals surface area contributed by atoms with Crippen molar-refractivity contribution in [3.63, 3.8) is 0 Å². The maximum Gasteiger partial charge on any atom is 0.122 e. The summed E-state index contributed by atoms with van der Waals surface area (Å²) in [6, 6.07) is 11.2. The summed E-state index contributed by atoms with van der Waals surface area (Å²) in [5.41, 5.74) is 5.71. The van der Waals surface area contributed by atoms with Crippen LogP contribution in [0.4, 0.5) is 0 Å². The minimum Gasteiger partial charge on any atom is -0.501 e. The number of benzene rings is 2. The number of fused-ring (bicyclic) bond motifs is 1. The first-order valence-corrected chi connectivity index (χ1v) is 17.1. The molecule has 4 heteroatoms. The van der Waals surface area contributed by atoms with Gasteiger partial charge >= 0.3 is 0 Å². The molecule has 2 aromatic rings. The van der Waals surface area contributed by atoms with Crippen molar-refractivity contribution in [1.82, 2.24) is 0 Å². The highest BCUT2D eigenvalue weighted by Gasteiger charge is 2.45. The number of hydrogen-bond acceptors (Lipinski definition) is 2. The van der Waals surface area contributed by atoms with Gasteiger partial charge in [-0.3, -0.25) is 0 Å². The van der Waals surface area contributed by atoms with Gasteiger partial charge in [-0.15, -0.1) is 0 Å². The number of ether oxygens (including phenoxy) is 2. The van der Waals surface area contributed by atoms with Crippen molar-refractivity contribution < 1.29 is 9.47 Å². The van der Waals surface area contributed by atoms with Crippen LogP contribution in [0.15, 0.2) is 48.7 Å². The van der Waals surface area contributed by atoms with Gasteiger partial charge in [0, 0.05) is 5.54 Å². The molecule has 0 bridgehead atoms. The third-order valence-electron chi connectivity index (χ3n) is 6.61. The van der Waals surface area contributed by atoms with Gasteiger partial charge in [0.1, 0.15) is 26.2 Å². The molecule has 2 aromatic carbocycles. The van der Waals surface area contributed by atoms with Crippen molar-refractivity contribution in [3.8, 4) is 5.75 Å². The standard InChI is InChI=1S/C28H39O2Si2/c1-11-16-30-25-23(17-19(2)26(31(7)8)24(25)28(3,4)5)32(9,10)27-21-15-13-12-14-20(21)18-22(27)29-6/h11-15,17-18,27H,1,16H2,2-10H3. The second kappa shape index (κ2) is 9.07. The number of rotatable bonds is 7. The highest BCUT2D eigenvalue weighted by Crippen LogP contribution is 2.44. The molecule has 3 rings (SSSR count). The van der Waals surface area contributed by atoms with Gasteiger partial charge in [0.15, 0.2) is 0 Å². The topological polar surface area (TPSA) is 18.5 Å². The van der Waals surface area contributed by atoms with Gasteiger partial charge in [-0.05, 0) is 40.3 Å². The van der Waals surface area contributed by atoms with E-state index >= 15 is 0 Å². The van der Waals surface area contributed by atoms with Crippen LogP contribution in [0.25, 0.3) is 6.08 Å². The molecule has 0 saturated heterocycles. The molecule has 1 aliphatic carbocycles. The Labute approximate surface area is 198 Å². The van der Waals surface area contributed by atoms with E-state index in [1.807, 2.05) is 13.2 Å². The van der Waals surface area contributed by atoms with Crippen molar-refractivity contribution in [2.45, 2.75) is 64.8 Å². The number of methoxy groups -OCH3 is 1. The lowest BCUT2D eigenvalue weighted by Gasteiger charge is -2.38. The minimum atomic E-state index is -2.12. The third-order valence-corrected chi connectivity index (χ3v) is 12.1. The molecule has 0 saturated carbocycles. The summed E-state index contributed by atoms with van der Waals surface area (Å²) < 4.78 is 12.5. The lowest BCUT2D eigenvalue weighted by atomic mass is 9.85. The Morgan fingerprint density at radius 3 is 2.38 bits per heavy atom. The van der Waals surface area contributed by atoms with Gasteiger partial charge in [-0.25, -0.2) is 0 Å². The van der Waals surface area contributed by atoms with E-state index in [0.29, 0.717) is 6.61 Å². The number of aryl methyl sites for hydroxylation is 1. The van der Waals surface area contributed by atoms with Gasteiger partial charge in [0.05, 0.1) is 15.9 Å². The van der Waals surface area contributed by atoms with E-state index in [-0.39, 0.29) is 11.0 Å². The largest absolute Gasteiger partial charge is 0.501 e. The van der Waals surface area contributed by atoms with Gasteiger partial charge in [0.25, 0.3) is 0 Å². The Hall–Kier alpha value is -2.05. The van der Waals surface area contributed by atoms with Gasteiger partial charge in [-0.2, -0.15) is 0 Å². The molecule has 171 valence electrons.